The zero-order valence-electron chi connectivity index (χ0n) is 9.86. The number of rotatable bonds is 2. The summed E-state index contributed by atoms with van der Waals surface area (Å²) in [5.41, 5.74) is 5.16. The number of nitrogens with two attached hydrogens (primary N) is 1. The lowest BCUT2D eigenvalue weighted by Gasteiger charge is -2.08. The second-order valence-electron chi connectivity index (χ2n) is 3.80. The monoisotopic (exact) mass is 269 g/mol. The fourth-order valence-electron chi connectivity index (χ4n) is 1.47. The summed E-state index contributed by atoms with van der Waals surface area (Å²) in [6, 6.07) is 4.92. The van der Waals surface area contributed by atoms with Crippen LogP contribution in [0.25, 0.3) is 0 Å². The first-order valence-electron chi connectivity index (χ1n) is 5.28. The van der Waals surface area contributed by atoms with Gasteiger partial charge in [0.05, 0.1) is 16.9 Å². The molecule has 0 aliphatic rings. The molecular weight excluding hydrogens is 259 g/mol. The van der Waals surface area contributed by atoms with E-state index in [0.717, 1.165) is 6.07 Å². The van der Waals surface area contributed by atoms with Gasteiger partial charge in [0.25, 0.3) is 0 Å². The molecule has 0 radical (unpaired) electrons. The van der Waals surface area contributed by atoms with Crippen LogP contribution in [0.2, 0.25) is 0 Å². The highest BCUT2D eigenvalue weighted by atomic mass is 19.4. The lowest BCUT2D eigenvalue weighted by atomic mass is 10.2. The minimum absolute atomic E-state index is 0.0886. The van der Waals surface area contributed by atoms with Crippen LogP contribution in [0.5, 0.6) is 0 Å². The molecule has 0 saturated heterocycles. The number of aryl methyl sites for hydroxylation is 1. The molecule has 3 N–H and O–H groups in total. The number of hydrogen-bond acceptors (Lipinski definition) is 4. The van der Waals surface area contributed by atoms with Crippen LogP contribution in [0.1, 0.15) is 11.3 Å². The number of azo groups is 1. The minimum atomic E-state index is -4.48. The highest BCUT2D eigenvalue weighted by Gasteiger charge is 2.33. The number of benzene rings is 1. The van der Waals surface area contributed by atoms with Crippen molar-refractivity contribution in [3.8, 4) is 0 Å². The zero-order valence-corrected chi connectivity index (χ0v) is 9.86. The molecule has 1 heterocycles. The maximum atomic E-state index is 12.7. The van der Waals surface area contributed by atoms with Crippen molar-refractivity contribution in [1.82, 2.24) is 10.2 Å². The van der Waals surface area contributed by atoms with Gasteiger partial charge in [-0.2, -0.15) is 18.3 Å². The van der Waals surface area contributed by atoms with E-state index in [1.807, 2.05) is 0 Å². The van der Waals surface area contributed by atoms with E-state index in [1.165, 1.54) is 18.2 Å². The van der Waals surface area contributed by atoms with Gasteiger partial charge < -0.3 is 5.73 Å². The van der Waals surface area contributed by atoms with E-state index in [1.54, 1.807) is 6.92 Å². The van der Waals surface area contributed by atoms with Crippen LogP contribution in [0.4, 0.5) is 30.4 Å². The molecule has 0 fully saturated rings. The third-order valence-electron chi connectivity index (χ3n) is 2.41. The maximum absolute atomic E-state index is 12.7. The van der Waals surface area contributed by atoms with Gasteiger partial charge in [0.1, 0.15) is 5.69 Å². The Morgan fingerprint density at radius 2 is 1.89 bits per heavy atom. The van der Waals surface area contributed by atoms with Crippen LogP contribution in [0.15, 0.2) is 34.5 Å². The third kappa shape index (κ3) is 2.72. The summed E-state index contributed by atoms with van der Waals surface area (Å²) in [4.78, 5) is 0. The summed E-state index contributed by atoms with van der Waals surface area (Å²) in [5, 5.41) is 13.6. The Kier molecular flexibility index (Phi) is 3.24. The van der Waals surface area contributed by atoms with E-state index in [-0.39, 0.29) is 17.2 Å². The molecule has 1 aromatic heterocycles. The van der Waals surface area contributed by atoms with E-state index in [4.69, 9.17) is 5.73 Å². The lowest BCUT2D eigenvalue weighted by molar-refractivity contribution is -0.137. The Hall–Kier alpha value is -2.38. The molecule has 1 aromatic carbocycles. The van der Waals surface area contributed by atoms with Gasteiger partial charge in [0.2, 0.25) is 0 Å². The van der Waals surface area contributed by atoms with Crippen LogP contribution in [0.3, 0.4) is 0 Å². The fourth-order valence-corrected chi connectivity index (χ4v) is 1.47. The summed E-state index contributed by atoms with van der Waals surface area (Å²) in [6.45, 7) is 1.65. The first kappa shape index (κ1) is 13.1. The molecule has 0 atom stereocenters. The van der Waals surface area contributed by atoms with Gasteiger partial charge in [-0.3, -0.25) is 5.10 Å². The van der Waals surface area contributed by atoms with E-state index in [0.29, 0.717) is 5.69 Å². The Morgan fingerprint density at radius 3 is 2.47 bits per heavy atom. The van der Waals surface area contributed by atoms with Gasteiger partial charge in [0.15, 0.2) is 5.82 Å². The van der Waals surface area contributed by atoms with Crippen molar-refractivity contribution < 1.29 is 13.2 Å². The first-order valence-corrected chi connectivity index (χ1v) is 5.28. The topological polar surface area (TPSA) is 79.4 Å². The molecule has 19 heavy (non-hydrogen) atoms. The fraction of sp³-hybridized carbons (Fsp3) is 0.182. The molecular formula is C11H10F3N5. The molecule has 8 heteroatoms. The maximum Gasteiger partial charge on any atom is 0.418 e. The van der Waals surface area contributed by atoms with Gasteiger partial charge in [0, 0.05) is 0 Å². The second kappa shape index (κ2) is 4.71. The third-order valence-corrected chi connectivity index (χ3v) is 2.41. The molecule has 0 aliphatic heterocycles. The predicted molar refractivity (Wildman–Crippen MR) is 63.4 cm³/mol. The number of anilines is 1. The zero-order chi connectivity index (χ0) is 14.0. The quantitative estimate of drug-likeness (QED) is 0.814. The summed E-state index contributed by atoms with van der Waals surface area (Å²) in [6.07, 6.45) is -4.48. The van der Waals surface area contributed by atoms with Gasteiger partial charge in [-0.1, -0.05) is 12.1 Å². The van der Waals surface area contributed by atoms with Crippen LogP contribution in [0, 0.1) is 6.92 Å². The Morgan fingerprint density at radius 1 is 1.21 bits per heavy atom. The molecule has 100 valence electrons. The number of hydrogen-bond donors (Lipinski definition) is 2. The summed E-state index contributed by atoms with van der Waals surface area (Å²) >= 11 is 0. The lowest BCUT2D eigenvalue weighted by Crippen LogP contribution is -2.04. The van der Waals surface area contributed by atoms with Crippen molar-refractivity contribution in [1.29, 1.82) is 0 Å². The average molecular weight is 269 g/mol. The number of aromatic nitrogens is 2. The molecule has 0 saturated carbocycles. The average Bonchev–Trinajstić information content (AvgIpc) is 2.66. The molecule has 0 spiro atoms. The van der Waals surface area contributed by atoms with Crippen molar-refractivity contribution in [2.45, 2.75) is 13.1 Å². The molecule has 0 amide bonds. The largest absolute Gasteiger partial charge is 0.418 e. The molecule has 0 bridgehead atoms. The number of alkyl halides is 3. The first-order chi connectivity index (χ1) is 8.89. The number of nitrogens with zero attached hydrogens (tertiary/aromatic N) is 3. The van der Waals surface area contributed by atoms with Gasteiger partial charge in [-0.05, 0) is 19.1 Å². The van der Waals surface area contributed by atoms with E-state index < -0.39 is 11.7 Å². The van der Waals surface area contributed by atoms with Gasteiger partial charge in [-0.15, -0.1) is 10.2 Å². The van der Waals surface area contributed by atoms with Crippen LogP contribution in [-0.2, 0) is 6.18 Å². The SMILES string of the molecule is Cc1[nH]nc(N)c1N=Nc1ccccc1C(F)(F)F. The Labute approximate surface area is 106 Å². The minimum Gasteiger partial charge on any atom is -0.380 e. The van der Waals surface area contributed by atoms with E-state index in [9.17, 15) is 13.2 Å². The summed E-state index contributed by atoms with van der Waals surface area (Å²) in [7, 11) is 0. The summed E-state index contributed by atoms with van der Waals surface area (Å²) in [5.74, 6) is 0.0886. The highest BCUT2D eigenvalue weighted by Crippen LogP contribution is 2.37. The second-order valence-corrected chi connectivity index (χ2v) is 3.80. The van der Waals surface area contributed by atoms with Crippen LogP contribution >= 0.6 is 0 Å². The molecule has 2 rings (SSSR count). The highest BCUT2D eigenvalue weighted by molar-refractivity contribution is 5.60. The Bertz CT molecular complexity index is 596. The van der Waals surface area contributed by atoms with Crippen molar-refractivity contribution in [3.05, 3.63) is 35.5 Å². The number of aromatic amines is 1. The van der Waals surface area contributed by atoms with Crippen molar-refractivity contribution in [2.75, 3.05) is 5.73 Å². The van der Waals surface area contributed by atoms with Gasteiger partial charge >= 0.3 is 6.18 Å². The van der Waals surface area contributed by atoms with E-state index >= 15 is 0 Å². The molecule has 2 aromatic rings. The Balaban J connectivity index is 2.40. The van der Waals surface area contributed by atoms with E-state index in [2.05, 4.69) is 20.4 Å². The standard InChI is InChI=1S/C11H10F3N5/c1-6-9(10(15)19-16-6)18-17-8-5-3-2-4-7(8)11(12,13)14/h2-5H,1H3,(H3,15,16,19). The summed E-state index contributed by atoms with van der Waals surface area (Å²) < 4.78 is 38.2. The van der Waals surface area contributed by atoms with Crippen molar-refractivity contribution >= 4 is 17.2 Å². The number of halogens is 3. The van der Waals surface area contributed by atoms with Crippen molar-refractivity contribution in [3.63, 3.8) is 0 Å². The predicted octanol–water partition coefficient (Wildman–Crippen LogP) is 3.73. The van der Waals surface area contributed by atoms with Crippen LogP contribution in [-0.4, -0.2) is 10.2 Å². The molecule has 5 nitrogen and oxygen atoms in total. The molecule has 0 unspecified atom stereocenters. The van der Waals surface area contributed by atoms with Crippen molar-refractivity contribution in [2.24, 2.45) is 10.2 Å². The molecule has 0 aliphatic carbocycles. The van der Waals surface area contributed by atoms with Crippen LogP contribution < -0.4 is 5.73 Å². The number of nitrogens with one attached hydrogen (secondary N) is 1. The van der Waals surface area contributed by atoms with Gasteiger partial charge in [-0.25, -0.2) is 0 Å². The smallest absolute Gasteiger partial charge is 0.380 e. The number of H-pyrrole nitrogens is 1. The number of nitrogen functional groups attached to an aromatic ring is 1. The normalized spacial score (nSPS) is 12.2.